The van der Waals surface area contributed by atoms with Gasteiger partial charge in [0.15, 0.2) is 0 Å². The largest absolute Gasteiger partial charge is 0.381 e. The van der Waals surface area contributed by atoms with Crippen LogP contribution in [0.25, 0.3) is 0 Å². The number of hydrogen-bond acceptors (Lipinski definition) is 4. The monoisotopic (exact) mass is 244 g/mol. The Hall–Kier alpha value is -0.650. The molecule has 100 valence electrons. The van der Waals surface area contributed by atoms with Crippen LogP contribution in [0.4, 0.5) is 0 Å². The number of rotatable bonds is 7. The fourth-order valence-electron chi connectivity index (χ4n) is 1.83. The number of unbranched alkanes of at least 4 members (excludes halogenated alkanes) is 1. The first-order chi connectivity index (χ1) is 8.22. The van der Waals surface area contributed by atoms with Crippen LogP contribution in [0.3, 0.4) is 0 Å². The van der Waals surface area contributed by atoms with E-state index in [1.54, 1.807) is 0 Å². The average Bonchev–Trinajstić information content (AvgIpc) is 2.38. The van der Waals surface area contributed by atoms with E-state index in [2.05, 4.69) is 12.2 Å². The first kappa shape index (κ1) is 14.4. The van der Waals surface area contributed by atoms with Crippen molar-refractivity contribution in [3.63, 3.8) is 0 Å². The van der Waals surface area contributed by atoms with Crippen LogP contribution in [0.2, 0.25) is 0 Å². The van der Waals surface area contributed by atoms with Crippen molar-refractivity contribution in [1.82, 2.24) is 5.32 Å². The summed E-state index contributed by atoms with van der Waals surface area (Å²) in [6, 6.07) is 0. The van der Waals surface area contributed by atoms with E-state index in [9.17, 15) is 4.79 Å². The van der Waals surface area contributed by atoms with E-state index < -0.39 is 0 Å². The first-order valence-electron chi connectivity index (χ1n) is 6.41. The molecule has 3 N–H and O–H groups in total. The maximum absolute atomic E-state index is 11.5. The number of ether oxygens (including phenoxy) is 2. The van der Waals surface area contributed by atoms with Crippen molar-refractivity contribution in [2.75, 3.05) is 32.9 Å². The van der Waals surface area contributed by atoms with E-state index >= 15 is 0 Å². The molecule has 0 spiro atoms. The second-order valence-corrected chi connectivity index (χ2v) is 4.49. The van der Waals surface area contributed by atoms with Crippen molar-refractivity contribution < 1.29 is 14.3 Å². The molecule has 1 saturated heterocycles. The average molecular weight is 244 g/mol. The Morgan fingerprint density at radius 3 is 2.76 bits per heavy atom. The highest BCUT2D eigenvalue weighted by Gasteiger charge is 2.32. The molecule has 1 aliphatic heterocycles. The highest BCUT2D eigenvalue weighted by Crippen LogP contribution is 2.23. The third-order valence-electron chi connectivity index (χ3n) is 3.14. The summed E-state index contributed by atoms with van der Waals surface area (Å²) in [4.78, 5) is 11.5. The summed E-state index contributed by atoms with van der Waals surface area (Å²) in [6.07, 6.45) is 3.62. The molecule has 1 aliphatic rings. The molecule has 1 heterocycles. The summed E-state index contributed by atoms with van der Waals surface area (Å²) in [5.41, 5.74) is 5.37. The summed E-state index contributed by atoms with van der Waals surface area (Å²) in [5, 5.41) is 2.83. The van der Waals surface area contributed by atoms with Crippen LogP contribution in [0.5, 0.6) is 0 Å². The Labute approximate surface area is 103 Å². The van der Waals surface area contributed by atoms with Crippen molar-refractivity contribution in [2.24, 2.45) is 5.73 Å². The van der Waals surface area contributed by atoms with Crippen molar-refractivity contribution in [3.05, 3.63) is 0 Å². The second-order valence-electron chi connectivity index (χ2n) is 4.49. The van der Waals surface area contributed by atoms with Crippen molar-refractivity contribution >= 4 is 5.91 Å². The predicted molar refractivity (Wildman–Crippen MR) is 65.7 cm³/mol. The number of amides is 1. The molecule has 1 fully saturated rings. The van der Waals surface area contributed by atoms with Crippen molar-refractivity contribution in [2.45, 2.75) is 38.2 Å². The Balaban J connectivity index is 2.24. The van der Waals surface area contributed by atoms with Gasteiger partial charge in [0, 0.05) is 39.1 Å². The minimum absolute atomic E-state index is 0.0576. The lowest BCUT2D eigenvalue weighted by molar-refractivity contribution is -0.141. The van der Waals surface area contributed by atoms with Gasteiger partial charge in [0.25, 0.3) is 0 Å². The van der Waals surface area contributed by atoms with Crippen LogP contribution in [-0.4, -0.2) is 44.4 Å². The van der Waals surface area contributed by atoms with Gasteiger partial charge >= 0.3 is 0 Å². The molecule has 0 atom stereocenters. The van der Waals surface area contributed by atoms with Crippen LogP contribution in [0, 0.1) is 0 Å². The topological polar surface area (TPSA) is 73.6 Å². The summed E-state index contributed by atoms with van der Waals surface area (Å²) < 4.78 is 11.0. The van der Waals surface area contributed by atoms with Gasteiger partial charge in [-0.15, -0.1) is 0 Å². The molecule has 0 unspecified atom stereocenters. The number of nitrogens with one attached hydrogen (secondary N) is 1. The van der Waals surface area contributed by atoms with E-state index in [-0.39, 0.29) is 18.1 Å². The highest BCUT2D eigenvalue weighted by atomic mass is 16.5. The van der Waals surface area contributed by atoms with Gasteiger partial charge in [0.1, 0.15) is 6.61 Å². The summed E-state index contributed by atoms with van der Waals surface area (Å²) in [7, 11) is 0. The molecular weight excluding hydrogens is 220 g/mol. The quantitative estimate of drug-likeness (QED) is 0.637. The fraction of sp³-hybridized carbons (Fsp3) is 0.917. The minimum atomic E-state index is -0.361. The smallest absolute Gasteiger partial charge is 0.246 e. The maximum atomic E-state index is 11.5. The molecule has 0 aromatic heterocycles. The molecule has 0 bridgehead atoms. The lowest BCUT2D eigenvalue weighted by atomic mass is 9.94. The Kier molecular flexibility index (Phi) is 6.47. The third kappa shape index (κ3) is 5.02. The van der Waals surface area contributed by atoms with E-state index in [4.69, 9.17) is 15.2 Å². The molecule has 0 aliphatic carbocycles. The van der Waals surface area contributed by atoms with Gasteiger partial charge in [0.2, 0.25) is 5.91 Å². The molecular formula is C12H24N2O3. The minimum Gasteiger partial charge on any atom is -0.381 e. The van der Waals surface area contributed by atoms with E-state index in [0.717, 1.165) is 32.2 Å². The standard InChI is InChI=1S/C12H24N2O3/c1-2-3-6-14-11(15)9-17-12(10-13)4-7-16-8-5-12/h2-10,13H2,1H3,(H,14,15). The Bertz CT molecular complexity index is 228. The van der Waals surface area contributed by atoms with Crippen LogP contribution >= 0.6 is 0 Å². The first-order valence-corrected chi connectivity index (χ1v) is 6.41. The van der Waals surface area contributed by atoms with E-state index in [1.165, 1.54) is 0 Å². The number of carbonyl (C=O) groups is 1. The van der Waals surface area contributed by atoms with Crippen molar-refractivity contribution in [1.29, 1.82) is 0 Å². The van der Waals surface area contributed by atoms with Gasteiger partial charge < -0.3 is 20.5 Å². The molecule has 5 heteroatoms. The van der Waals surface area contributed by atoms with E-state index in [0.29, 0.717) is 19.8 Å². The zero-order chi connectivity index (χ0) is 12.6. The maximum Gasteiger partial charge on any atom is 0.246 e. The third-order valence-corrected chi connectivity index (χ3v) is 3.14. The summed E-state index contributed by atoms with van der Waals surface area (Å²) in [5.74, 6) is -0.0576. The van der Waals surface area contributed by atoms with Crippen LogP contribution in [-0.2, 0) is 14.3 Å². The highest BCUT2D eigenvalue weighted by molar-refractivity contribution is 5.77. The Morgan fingerprint density at radius 2 is 2.18 bits per heavy atom. The number of carbonyl (C=O) groups excluding carboxylic acids is 1. The molecule has 17 heavy (non-hydrogen) atoms. The summed E-state index contributed by atoms with van der Waals surface area (Å²) >= 11 is 0. The SMILES string of the molecule is CCCCNC(=O)COC1(CN)CCOCC1. The lowest BCUT2D eigenvalue weighted by Gasteiger charge is -2.35. The molecule has 1 amide bonds. The van der Waals surface area contributed by atoms with Gasteiger partial charge in [-0.1, -0.05) is 13.3 Å². The predicted octanol–water partition coefficient (Wildman–Crippen LogP) is 0.427. The van der Waals surface area contributed by atoms with Gasteiger partial charge in [-0.3, -0.25) is 4.79 Å². The molecule has 0 radical (unpaired) electrons. The van der Waals surface area contributed by atoms with E-state index in [1.807, 2.05) is 0 Å². The molecule has 0 aromatic carbocycles. The molecule has 0 aromatic rings. The number of hydrogen-bond donors (Lipinski definition) is 2. The molecule has 0 saturated carbocycles. The van der Waals surface area contributed by atoms with Gasteiger partial charge in [-0.25, -0.2) is 0 Å². The van der Waals surface area contributed by atoms with Crippen LogP contribution in [0.15, 0.2) is 0 Å². The second kappa shape index (κ2) is 7.63. The van der Waals surface area contributed by atoms with Crippen LogP contribution < -0.4 is 11.1 Å². The van der Waals surface area contributed by atoms with Gasteiger partial charge in [0.05, 0.1) is 5.60 Å². The lowest BCUT2D eigenvalue weighted by Crippen LogP contribution is -2.47. The number of nitrogens with two attached hydrogens (primary N) is 1. The zero-order valence-corrected chi connectivity index (χ0v) is 10.7. The Morgan fingerprint density at radius 1 is 1.47 bits per heavy atom. The molecule has 5 nitrogen and oxygen atoms in total. The van der Waals surface area contributed by atoms with Crippen LogP contribution in [0.1, 0.15) is 32.6 Å². The van der Waals surface area contributed by atoms with Gasteiger partial charge in [-0.2, -0.15) is 0 Å². The summed E-state index contributed by atoms with van der Waals surface area (Å²) in [6.45, 7) is 4.67. The fourth-order valence-corrected chi connectivity index (χ4v) is 1.83. The normalized spacial score (nSPS) is 18.9. The molecule has 1 rings (SSSR count). The zero-order valence-electron chi connectivity index (χ0n) is 10.7. The van der Waals surface area contributed by atoms with Crippen molar-refractivity contribution in [3.8, 4) is 0 Å². The van der Waals surface area contributed by atoms with Gasteiger partial charge in [-0.05, 0) is 6.42 Å².